The molecule has 164 valence electrons. The predicted octanol–water partition coefficient (Wildman–Crippen LogP) is 3.49. The van der Waals surface area contributed by atoms with E-state index in [1.165, 1.54) is 18.5 Å². The van der Waals surface area contributed by atoms with Crippen molar-refractivity contribution >= 4 is 5.82 Å². The Hall–Kier alpha value is -3.66. The lowest BCUT2D eigenvalue weighted by Crippen LogP contribution is -2.37. The lowest BCUT2D eigenvalue weighted by Gasteiger charge is -2.29. The van der Waals surface area contributed by atoms with E-state index in [1.54, 1.807) is 35.0 Å². The average molecular weight is 438 g/mol. The molecule has 5 rings (SSSR count). The highest BCUT2D eigenvalue weighted by molar-refractivity contribution is 5.64. The average Bonchev–Trinajstić information content (AvgIpc) is 3.51. The summed E-state index contributed by atoms with van der Waals surface area (Å²) in [6, 6.07) is 9.98. The van der Waals surface area contributed by atoms with Gasteiger partial charge in [-0.2, -0.15) is 5.10 Å². The molecule has 1 aromatic carbocycles. The van der Waals surface area contributed by atoms with Gasteiger partial charge in [-0.3, -0.25) is 4.68 Å². The van der Waals surface area contributed by atoms with Gasteiger partial charge in [0.2, 0.25) is 0 Å². The molecule has 4 aromatic rings. The van der Waals surface area contributed by atoms with Gasteiger partial charge < -0.3 is 14.2 Å². The molecule has 0 atom stereocenters. The summed E-state index contributed by atoms with van der Waals surface area (Å²) in [4.78, 5) is 10.9. The number of nitrogens with zero attached hydrogens (tertiary/aromatic N) is 6. The van der Waals surface area contributed by atoms with Crippen molar-refractivity contribution in [3.63, 3.8) is 0 Å². The number of aromatic nitrogens is 5. The minimum absolute atomic E-state index is 0.188. The van der Waals surface area contributed by atoms with Crippen molar-refractivity contribution in [2.75, 3.05) is 31.2 Å². The molecule has 0 amide bonds. The first-order valence-electron chi connectivity index (χ1n) is 10.2. The zero-order chi connectivity index (χ0) is 21.9. The zero-order valence-corrected chi connectivity index (χ0v) is 17.1. The fraction of sp³-hybridized carbons (Fsp3) is 0.273. The minimum atomic E-state index is -0.668. The SMILES string of the molecule is FCc1cnc(-c2cc(-c3ccon3)n(Cc3ccccc3F)n2)nc1N1CCOCC1. The monoisotopic (exact) mass is 438 g/mol. The summed E-state index contributed by atoms with van der Waals surface area (Å²) in [5, 5.41) is 8.62. The van der Waals surface area contributed by atoms with E-state index in [2.05, 4.69) is 20.2 Å². The molecule has 0 bridgehead atoms. The molecule has 10 heteroatoms. The maximum Gasteiger partial charge on any atom is 0.182 e. The first-order chi connectivity index (χ1) is 15.7. The van der Waals surface area contributed by atoms with Gasteiger partial charge >= 0.3 is 0 Å². The molecular formula is C22H20F2N6O2. The van der Waals surface area contributed by atoms with E-state index in [0.717, 1.165) is 0 Å². The first-order valence-corrected chi connectivity index (χ1v) is 10.2. The second-order valence-electron chi connectivity index (χ2n) is 7.32. The molecule has 1 aliphatic rings. The highest BCUT2D eigenvalue weighted by atomic mass is 19.1. The topological polar surface area (TPSA) is 82.1 Å². The number of benzene rings is 1. The first kappa shape index (κ1) is 20.3. The van der Waals surface area contributed by atoms with Crippen molar-refractivity contribution in [2.45, 2.75) is 13.2 Å². The lowest BCUT2D eigenvalue weighted by atomic mass is 10.2. The number of morpholine rings is 1. The van der Waals surface area contributed by atoms with Crippen LogP contribution in [0, 0.1) is 5.82 Å². The molecule has 0 aliphatic carbocycles. The van der Waals surface area contributed by atoms with Crippen LogP contribution in [0.25, 0.3) is 22.9 Å². The van der Waals surface area contributed by atoms with Crippen molar-refractivity contribution in [3.8, 4) is 22.9 Å². The van der Waals surface area contributed by atoms with Crippen LogP contribution in [0.5, 0.6) is 0 Å². The second kappa shape index (κ2) is 8.83. The van der Waals surface area contributed by atoms with Gasteiger partial charge in [0.05, 0.1) is 25.5 Å². The molecule has 0 spiro atoms. The number of anilines is 1. The van der Waals surface area contributed by atoms with E-state index in [4.69, 9.17) is 9.26 Å². The van der Waals surface area contributed by atoms with Gasteiger partial charge in [-0.15, -0.1) is 0 Å². The lowest BCUT2D eigenvalue weighted by molar-refractivity contribution is 0.122. The van der Waals surface area contributed by atoms with Crippen LogP contribution in [0.15, 0.2) is 53.4 Å². The van der Waals surface area contributed by atoms with Gasteiger partial charge in [-0.1, -0.05) is 23.4 Å². The van der Waals surface area contributed by atoms with Crippen molar-refractivity contribution in [2.24, 2.45) is 0 Å². The highest BCUT2D eigenvalue weighted by Gasteiger charge is 2.21. The Labute approximate surface area is 182 Å². The summed E-state index contributed by atoms with van der Waals surface area (Å²) in [6.45, 7) is 1.87. The van der Waals surface area contributed by atoms with Crippen LogP contribution in [0.4, 0.5) is 14.6 Å². The van der Waals surface area contributed by atoms with Crippen LogP contribution >= 0.6 is 0 Å². The molecule has 32 heavy (non-hydrogen) atoms. The van der Waals surface area contributed by atoms with E-state index in [-0.39, 0.29) is 12.4 Å². The summed E-state index contributed by atoms with van der Waals surface area (Å²) in [6.07, 6.45) is 2.94. The number of alkyl halides is 1. The van der Waals surface area contributed by atoms with E-state index < -0.39 is 6.67 Å². The summed E-state index contributed by atoms with van der Waals surface area (Å²) in [7, 11) is 0. The van der Waals surface area contributed by atoms with E-state index in [9.17, 15) is 8.78 Å². The van der Waals surface area contributed by atoms with E-state index in [0.29, 0.717) is 66.2 Å². The third-order valence-electron chi connectivity index (χ3n) is 5.28. The van der Waals surface area contributed by atoms with Crippen LogP contribution < -0.4 is 4.90 Å². The van der Waals surface area contributed by atoms with Crippen molar-refractivity contribution in [1.82, 2.24) is 24.9 Å². The van der Waals surface area contributed by atoms with E-state index >= 15 is 0 Å². The Morgan fingerprint density at radius 3 is 2.62 bits per heavy atom. The zero-order valence-electron chi connectivity index (χ0n) is 17.1. The highest BCUT2D eigenvalue weighted by Crippen LogP contribution is 2.27. The second-order valence-corrected chi connectivity index (χ2v) is 7.32. The normalized spacial score (nSPS) is 14.1. The van der Waals surface area contributed by atoms with E-state index in [1.807, 2.05) is 4.90 Å². The van der Waals surface area contributed by atoms with Crippen LogP contribution in [0.3, 0.4) is 0 Å². The van der Waals surface area contributed by atoms with Crippen LogP contribution in [-0.2, 0) is 18.0 Å². The Morgan fingerprint density at radius 2 is 1.88 bits per heavy atom. The van der Waals surface area contributed by atoms with Gasteiger partial charge in [0.25, 0.3) is 0 Å². The van der Waals surface area contributed by atoms with Crippen molar-refractivity contribution < 1.29 is 18.0 Å². The van der Waals surface area contributed by atoms with Crippen LogP contribution in [0.2, 0.25) is 0 Å². The van der Waals surface area contributed by atoms with Gasteiger partial charge in [0.15, 0.2) is 5.82 Å². The Bertz CT molecular complexity index is 1210. The quantitative estimate of drug-likeness (QED) is 0.456. The number of ether oxygens (including phenoxy) is 1. The standard InChI is InChI=1S/C22H20F2N6O2/c23-12-16-13-25-21(26-22(16)29-6-9-31-10-7-29)19-11-20(18-5-8-32-28-18)30(27-19)14-15-3-1-2-4-17(15)24/h1-5,8,11,13H,6-7,9-10,12,14H2. The molecule has 0 unspecified atom stereocenters. The fourth-order valence-electron chi connectivity index (χ4n) is 3.65. The number of halogens is 2. The maximum atomic E-state index is 14.3. The van der Waals surface area contributed by atoms with Gasteiger partial charge in [-0.05, 0) is 12.1 Å². The van der Waals surface area contributed by atoms with Crippen LogP contribution in [-0.4, -0.2) is 51.2 Å². The van der Waals surface area contributed by atoms with Crippen molar-refractivity contribution in [3.05, 3.63) is 65.8 Å². The van der Waals surface area contributed by atoms with Gasteiger partial charge in [0.1, 0.15) is 36.0 Å². The molecular weight excluding hydrogens is 418 g/mol. The number of rotatable bonds is 6. The molecule has 8 nitrogen and oxygen atoms in total. The number of hydrogen-bond acceptors (Lipinski definition) is 7. The molecule has 3 aromatic heterocycles. The Morgan fingerprint density at radius 1 is 1.03 bits per heavy atom. The van der Waals surface area contributed by atoms with Crippen molar-refractivity contribution in [1.29, 1.82) is 0 Å². The molecule has 0 radical (unpaired) electrons. The summed E-state index contributed by atoms with van der Waals surface area (Å²) < 4.78 is 39.9. The molecule has 0 N–H and O–H groups in total. The molecule has 1 fully saturated rings. The summed E-state index contributed by atoms with van der Waals surface area (Å²) >= 11 is 0. The summed E-state index contributed by atoms with van der Waals surface area (Å²) in [5.41, 5.74) is 2.55. The largest absolute Gasteiger partial charge is 0.378 e. The molecule has 1 aliphatic heterocycles. The third kappa shape index (κ3) is 3.96. The fourth-order valence-corrected chi connectivity index (χ4v) is 3.65. The third-order valence-corrected chi connectivity index (χ3v) is 5.28. The number of hydrogen-bond donors (Lipinski definition) is 0. The van der Waals surface area contributed by atoms with Gasteiger partial charge in [0, 0.05) is 36.5 Å². The molecule has 0 saturated carbocycles. The molecule has 4 heterocycles. The van der Waals surface area contributed by atoms with Gasteiger partial charge in [-0.25, -0.2) is 18.7 Å². The predicted molar refractivity (Wildman–Crippen MR) is 112 cm³/mol. The minimum Gasteiger partial charge on any atom is -0.378 e. The Kier molecular flexibility index (Phi) is 5.59. The van der Waals surface area contributed by atoms with Crippen LogP contribution in [0.1, 0.15) is 11.1 Å². The summed E-state index contributed by atoms with van der Waals surface area (Å²) in [5.74, 6) is 0.557. The molecule has 1 saturated heterocycles. The smallest absolute Gasteiger partial charge is 0.182 e. The Balaban J connectivity index is 1.56. The maximum absolute atomic E-state index is 14.3.